The van der Waals surface area contributed by atoms with Crippen LogP contribution in [0.3, 0.4) is 0 Å². The Hall–Kier alpha value is -3.77. The lowest BCUT2D eigenvalue weighted by atomic mass is 10.1. The zero-order valence-corrected chi connectivity index (χ0v) is 18.5. The fraction of sp³-hybridized carbons (Fsp3) is 0.115. The topological polar surface area (TPSA) is 76.0 Å². The van der Waals surface area contributed by atoms with Gasteiger partial charge in [0.05, 0.1) is 11.5 Å². The average Bonchev–Trinajstić information content (AvgIpc) is 3.11. The molecule has 0 bridgehead atoms. The molecular weight excluding hydrogens is 424 g/mol. The average molecular weight is 447 g/mol. The summed E-state index contributed by atoms with van der Waals surface area (Å²) in [7, 11) is 0. The molecule has 0 atom stereocenters. The maximum Gasteiger partial charge on any atom is 0.330 e. The number of ether oxygens (including phenoxy) is 2. The van der Waals surface area contributed by atoms with Gasteiger partial charge in [-0.2, -0.15) is 0 Å². The minimum atomic E-state index is -0.376. The summed E-state index contributed by atoms with van der Waals surface area (Å²) in [6.07, 6.45) is 3.13. The molecule has 32 heavy (non-hydrogen) atoms. The number of hydrogen-bond acceptors (Lipinski definition) is 6. The van der Waals surface area contributed by atoms with Crippen LogP contribution in [0.4, 0.5) is 0 Å². The minimum absolute atomic E-state index is 0.191. The molecule has 0 amide bonds. The van der Waals surface area contributed by atoms with E-state index in [0.717, 1.165) is 31.7 Å². The highest BCUT2D eigenvalue weighted by molar-refractivity contribution is 7.22. The first-order chi connectivity index (χ1) is 15.4. The summed E-state index contributed by atoms with van der Waals surface area (Å²) in [5.74, 6) is 1.35. The zero-order valence-electron chi connectivity index (χ0n) is 17.7. The van der Waals surface area contributed by atoms with Crippen molar-refractivity contribution < 1.29 is 24.5 Å². The van der Waals surface area contributed by atoms with Gasteiger partial charge in [0.2, 0.25) is 0 Å². The quantitative estimate of drug-likeness (QED) is 0.256. The molecule has 0 saturated carbocycles. The number of aryl methyl sites for hydroxylation is 1. The highest BCUT2D eigenvalue weighted by atomic mass is 32.1. The van der Waals surface area contributed by atoms with Crippen LogP contribution in [0.25, 0.3) is 26.6 Å². The van der Waals surface area contributed by atoms with Crippen LogP contribution in [-0.4, -0.2) is 22.8 Å². The van der Waals surface area contributed by atoms with Gasteiger partial charge in [0.1, 0.15) is 17.2 Å². The summed E-state index contributed by atoms with van der Waals surface area (Å²) >= 11 is 1.51. The van der Waals surface area contributed by atoms with Gasteiger partial charge in [-0.15, -0.1) is 11.3 Å². The summed E-state index contributed by atoms with van der Waals surface area (Å²) in [5, 5.41) is 20.5. The molecule has 1 aromatic heterocycles. The molecule has 0 unspecified atom stereocenters. The highest BCUT2D eigenvalue weighted by Crippen LogP contribution is 2.47. The second-order valence-electron chi connectivity index (χ2n) is 7.19. The van der Waals surface area contributed by atoms with Crippen molar-refractivity contribution >= 4 is 33.5 Å². The molecule has 5 nitrogen and oxygen atoms in total. The molecule has 0 fully saturated rings. The predicted octanol–water partition coefficient (Wildman–Crippen LogP) is 6.66. The van der Waals surface area contributed by atoms with Crippen molar-refractivity contribution in [3.63, 3.8) is 0 Å². The van der Waals surface area contributed by atoms with Crippen LogP contribution >= 0.6 is 11.3 Å². The Labute approximate surface area is 189 Å². The van der Waals surface area contributed by atoms with Gasteiger partial charge in [0.25, 0.3) is 0 Å². The lowest BCUT2D eigenvalue weighted by molar-refractivity contribution is -0.137. The van der Waals surface area contributed by atoms with E-state index in [2.05, 4.69) is 0 Å². The van der Waals surface area contributed by atoms with Crippen LogP contribution in [0.15, 0.2) is 66.7 Å². The Morgan fingerprint density at radius 3 is 2.47 bits per heavy atom. The third-order valence-electron chi connectivity index (χ3n) is 4.90. The molecule has 162 valence electrons. The van der Waals surface area contributed by atoms with E-state index in [0.29, 0.717) is 18.1 Å². The number of thiophene rings is 1. The lowest BCUT2D eigenvalue weighted by Gasteiger charge is -2.10. The number of carbonyl (C=O) groups is 1. The number of aromatic hydroxyl groups is 2. The molecule has 1 heterocycles. The smallest absolute Gasteiger partial charge is 0.330 e. The first kappa shape index (κ1) is 21.5. The molecule has 0 aliphatic carbocycles. The van der Waals surface area contributed by atoms with Crippen molar-refractivity contribution in [3.8, 4) is 33.4 Å². The number of phenolic OH excluding ortho intramolecular Hbond substituents is 2. The first-order valence-electron chi connectivity index (χ1n) is 10.1. The number of esters is 1. The van der Waals surface area contributed by atoms with E-state index in [1.807, 2.05) is 43.3 Å². The summed E-state index contributed by atoms with van der Waals surface area (Å²) in [6.45, 7) is 4.05. The highest BCUT2D eigenvalue weighted by Gasteiger charge is 2.17. The standard InChI is InChI=1S/C26H22O5S/c1-3-30-24(29)13-7-17-6-11-21(14-16(17)2)31-25-22-12-10-20(28)15-23(22)32-26(25)18-4-8-19(27)9-5-18/h4-15,27-28H,3H2,1-2H3/b13-7+. The molecule has 3 aromatic carbocycles. The van der Waals surface area contributed by atoms with Gasteiger partial charge in [0, 0.05) is 16.2 Å². The van der Waals surface area contributed by atoms with Gasteiger partial charge >= 0.3 is 5.97 Å². The molecule has 0 saturated heterocycles. The summed E-state index contributed by atoms with van der Waals surface area (Å²) in [5.41, 5.74) is 2.75. The summed E-state index contributed by atoms with van der Waals surface area (Å²) in [4.78, 5) is 12.5. The minimum Gasteiger partial charge on any atom is -0.508 e. The van der Waals surface area contributed by atoms with Crippen molar-refractivity contribution in [3.05, 3.63) is 77.9 Å². The van der Waals surface area contributed by atoms with Crippen molar-refractivity contribution in [1.82, 2.24) is 0 Å². The largest absolute Gasteiger partial charge is 0.508 e. The predicted molar refractivity (Wildman–Crippen MR) is 128 cm³/mol. The molecule has 0 aliphatic heterocycles. The lowest BCUT2D eigenvalue weighted by Crippen LogP contribution is -1.98. The van der Waals surface area contributed by atoms with Gasteiger partial charge in [-0.05, 0) is 91.2 Å². The molecule has 0 spiro atoms. The van der Waals surface area contributed by atoms with Crippen LogP contribution in [0.5, 0.6) is 23.0 Å². The van der Waals surface area contributed by atoms with Gasteiger partial charge in [-0.25, -0.2) is 4.79 Å². The van der Waals surface area contributed by atoms with Crippen LogP contribution < -0.4 is 4.74 Å². The fourth-order valence-electron chi connectivity index (χ4n) is 3.33. The maximum atomic E-state index is 11.6. The maximum absolute atomic E-state index is 11.6. The molecule has 4 aromatic rings. The molecule has 4 rings (SSSR count). The van der Waals surface area contributed by atoms with Crippen molar-refractivity contribution in [1.29, 1.82) is 0 Å². The van der Waals surface area contributed by atoms with Crippen LogP contribution in [0.2, 0.25) is 0 Å². The Bertz CT molecular complexity index is 1300. The van der Waals surface area contributed by atoms with Crippen LogP contribution in [-0.2, 0) is 9.53 Å². The SMILES string of the molecule is CCOC(=O)/C=C/c1ccc(Oc2c(-c3ccc(O)cc3)sc3cc(O)ccc23)cc1C. The van der Waals surface area contributed by atoms with Gasteiger partial charge in [-0.1, -0.05) is 6.07 Å². The van der Waals surface area contributed by atoms with Crippen molar-refractivity contribution in [2.24, 2.45) is 0 Å². The van der Waals surface area contributed by atoms with Gasteiger partial charge in [-0.3, -0.25) is 0 Å². The Morgan fingerprint density at radius 1 is 1.00 bits per heavy atom. The Kier molecular flexibility index (Phi) is 6.14. The second kappa shape index (κ2) is 9.16. The summed E-state index contributed by atoms with van der Waals surface area (Å²) in [6, 6.07) is 17.8. The number of benzene rings is 3. The van der Waals surface area contributed by atoms with E-state index in [-0.39, 0.29) is 17.5 Å². The van der Waals surface area contributed by atoms with Gasteiger partial charge in [0.15, 0.2) is 5.75 Å². The first-order valence-corrected chi connectivity index (χ1v) is 10.9. The molecule has 2 N–H and O–H groups in total. The monoisotopic (exact) mass is 446 g/mol. The Morgan fingerprint density at radius 2 is 1.75 bits per heavy atom. The number of rotatable bonds is 6. The third kappa shape index (κ3) is 4.60. The van der Waals surface area contributed by atoms with Crippen LogP contribution in [0.1, 0.15) is 18.1 Å². The number of hydrogen-bond donors (Lipinski definition) is 2. The Balaban J connectivity index is 1.71. The number of phenols is 2. The van der Waals surface area contributed by atoms with E-state index in [1.54, 1.807) is 37.3 Å². The number of fused-ring (bicyclic) bond motifs is 1. The molecule has 6 heteroatoms. The molecular formula is C26H22O5S. The number of carbonyl (C=O) groups excluding carboxylic acids is 1. The second-order valence-corrected chi connectivity index (χ2v) is 8.25. The van der Waals surface area contributed by atoms with E-state index >= 15 is 0 Å². The summed E-state index contributed by atoms with van der Waals surface area (Å²) < 4.78 is 12.2. The molecule has 0 aliphatic rings. The fourth-order valence-corrected chi connectivity index (χ4v) is 4.50. The molecule has 0 radical (unpaired) electrons. The van der Waals surface area contributed by atoms with Crippen molar-refractivity contribution in [2.75, 3.05) is 6.61 Å². The van der Waals surface area contributed by atoms with Crippen molar-refractivity contribution in [2.45, 2.75) is 13.8 Å². The normalized spacial score (nSPS) is 11.2. The van der Waals surface area contributed by atoms with E-state index < -0.39 is 0 Å². The van der Waals surface area contributed by atoms with E-state index in [1.165, 1.54) is 17.4 Å². The van der Waals surface area contributed by atoms with E-state index in [4.69, 9.17) is 9.47 Å². The van der Waals surface area contributed by atoms with Crippen LogP contribution in [0, 0.1) is 6.92 Å². The zero-order chi connectivity index (χ0) is 22.7. The third-order valence-corrected chi connectivity index (χ3v) is 6.09. The van der Waals surface area contributed by atoms with E-state index in [9.17, 15) is 15.0 Å². The van der Waals surface area contributed by atoms with Gasteiger partial charge < -0.3 is 19.7 Å².